The van der Waals surface area contributed by atoms with E-state index in [9.17, 15) is 0 Å². The molecule has 0 radical (unpaired) electrons. The fraction of sp³-hybridized carbons (Fsp3) is 0.0500. The molecule has 0 amide bonds. The molecule has 28 heavy (non-hydrogen) atoms. The molecule has 8 nitrogen and oxygen atoms in total. The Morgan fingerprint density at radius 1 is 0.750 bits per heavy atom. The van der Waals surface area contributed by atoms with E-state index in [4.69, 9.17) is 11.5 Å². The first-order valence-corrected chi connectivity index (χ1v) is 8.70. The minimum absolute atomic E-state index is 0.239. The maximum Gasteiger partial charge on any atom is 0.186 e. The van der Waals surface area contributed by atoms with Crippen LogP contribution in [0.5, 0.6) is 0 Å². The van der Waals surface area contributed by atoms with Crippen molar-refractivity contribution in [3.05, 3.63) is 54.6 Å². The number of para-hydroxylation sites is 2. The molecule has 136 valence electrons. The minimum Gasteiger partial charge on any atom is -0.382 e. The van der Waals surface area contributed by atoms with Gasteiger partial charge in [-0.3, -0.25) is 0 Å². The topological polar surface area (TPSA) is 121 Å². The highest BCUT2D eigenvalue weighted by Crippen LogP contribution is 2.29. The summed E-state index contributed by atoms with van der Waals surface area (Å²) in [6.07, 6.45) is 0. The second-order valence-corrected chi connectivity index (χ2v) is 6.41. The van der Waals surface area contributed by atoms with Crippen molar-refractivity contribution in [2.75, 3.05) is 11.5 Å². The predicted octanol–water partition coefficient (Wildman–Crippen LogP) is 2.80. The molecular formula is C20H16N8. The smallest absolute Gasteiger partial charge is 0.186 e. The van der Waals surface area contributed by atoms with Crippen LogP contribution in [0.15, 0.2) is 54.6 Å². The number of aromatic nitrogens is 6. The molecule has 3 aromatic heterocycles. The molecule has 5 aromatic rings. The Morgan fingerprint density at radius 2 is 1.50 bits per heavy atom. The van der Waals surface area contributed by atoms with Gasteiger partial charge >= 0.3 is 0 Å². The van der Waals surface area contributed by atoms with Crippen LogP contribution >= 0.6 is 0 Å². The van der Waals surface area contributed by atoms with Crippen LogP contribution in [-0.2, 0) is 7.05 Å². The number of nitrogens with two attached hydrogens (primary N) is 2. The molecule has 0 aliphatic rings. The normalized spacial score (nSPS) is 11.3. The highest BCUT2D eigenvalue weighted by Gasteiger charge is 2.18. The number of anilines is 2. The number of fused-ring (bicyclic) bond motifs is 2. The number of benzene rings is 2. The third-order valence-corrected chi connectivity index (χ3v) is 4.62. The molecule has 0 atom stereocenters. The lowest BCUT2D eigenvalue weighted by molar-refractivity contribution is 0.950. The summed E-state index contributed by atoms with van der Waals surface area (Å²) in [7, 11) is 1.91. The zero-order chi connectivity index (χ0) is 19.3. The number of hydrogen-bond acceptors (Lipinski definition) is 7. The first-order valence-electron chi connectivity index (χ1n) is 8.70. The van der Waals surface area contributed by atoms with Gasteiger partial charge < -0.3 is 16.0 Å². The SMILES string of the molecule is Cn1c(-c2nc3c(N)nc(-c4ccccc4)nc3nc2N)nc2ccccc21. The zero-order valence-corrected chi connectivity index (χ0v) is 15.0. The van der Waals surface area contributed by atoms with Crippen LogP contribution in [0.3, 0.4) is 0 Å². The molecule has 0 bridgehead atoms. The molecule has 0 aliphatic carbocycles. The Morgan fingerprint density at radius 3 is 2.29 bits per heavy atom. The van der Waals surface area contributed by atoms with E-state index >= 15 is 0 Å². The molecule has 4 N–H and O–H groups in total. The third-order valence-electron chi connectivity index (χ3n) is 4.62. The fourth-order valence-electron chi connectivity index (χ4n) is 3.22. The lowest BCUT2D eigenvalue weighted by atomic mass is 10.2. The van der Waals surface area contributed by atoms with Gasteiger partial charge in [0, 0.05) is 12.6 Å². The van der Waals surface area contributed by atoms with Crippen LogP contribution < -0.4 is 11.5 Å². The fourth-order valence-corrected chi connectivity index (χ4v) is 3.22. The van der Waals surface area contributed by atoms with E-state index in [-0.39, 0.29) is 11.6 Å². The van der Waals surface area contributed by atoms with E-state index in [1.807, 2.05) is 66.2 Å². The second-order valence-electron chi connectivity index (χ2n) is 6.41. The van der Waals surface area contributed by atoms with Crippen molar-refractivity contribution in [3.8, 4) is 22.9 Å². The van der Waals surface area contributed by atoms with Crippen molar-refractivity contribution >= 4 is 33.8 Å². The Hall–Kier alpha value is -4.07. The molecule has 0 saturated carbocycles. The molecule has 5 rings (SSSR count). The van der Waals surface area contributed by atoms with Gasteiger partial charge in [-0.15, -0.1) is 0 Å². The molecule has 2 aromatic carbocycles. The van der Waals surface area contributed by atoms with Gasteiger partial charge in [-0.05, 0) is 12.1 Å². The van der Waals surface area contributed by atoms with E-state index < -0.39 is 0 Å². The number of nitrogen functional groups attached to an aromatic ring is 2. The van der Waals surface area contributed by atoms with E-state index in [1.54, 1.807) is 0 Å². The van der Waals surface area contributed by atoms with Gasteiger partial charge in [0.1, 0.15) is 5.69 Å². The van der Waals surface area contributed by atoms with Crippen LogP contribution in [0.2, 0.25) is 0 Å². The summed E-state index contributed by atoms with van der Waals surface area (Å²) in [4.78, 5) is 22.6. The van der Waals surface area contributed by atoms with Crippen LogP contribution in [-0.4, -0.2) is 29.5 Å². The summed E-state index contributed by atoms with van der Waals surface area (Å²) in [5.41, 5.74) is 16.3. The average molecular weight is 368 g/mol. The molecule has 0 fully saturated rings. The summed E-state index contributed by atoms with van der Waals surface area (Å²) >= 11 is 0. The average Bonchev–Trinajstić information content (AvgIpc) is 3.05. The molecule has 0 aliphatic heterocycles. The molecule has 8 heteroatoms. The predicted molar refractivity (Wildman–Crippen MR) is 109 cm³/mol. The first-order chi connectivity index (χ1) is 13.6. The van der Waals surface area contributed by atoms with Gasteiger partial charge in [0.25, 0.3) is 0 Å². The van der Waals surface area contributed by atoms with E-state index in [1.165, 1.54) is 0 Å². The summed E-state index contributed by atoms with van der Waals surface area (Å²) in [5.74, 6) is 1.58. The van der Waals surface area contributed by atoms with Gasteiger partial charge in [-0.1, -0.05) is 42.5 Å². The lowest BCUT2D eigenvalue weighted by Gasteiger charge is -2.09. The van der Waals surface area contributed by atoms with Gasteiger partial charge in [-0.2, -0.15) is 0 Å². The van der Waals surface area contributed by atoms with Crippen molar-refractivity contribution in [3.63, 3.8) is 0 Å². The minimum atomic E-state index is 0.239. The lowest BCUT2D eigenvalue weighted by Crippen LogP contribution is -2.06. The third kappa shape index (κ3) is 2.43. The van der Waals surface area contributed by atoms with Gasteiger partial charge in [0.15, 0.2) is 34.4 Å². The maximum atomic E-state index is 6.22. The van der Waals surface area contributed by atoms with Gasteiger partial charge in [-0.25, -0.2) is 24.9 Å². The van der Waals surface area contributed by atoms with Crippen molar-refractivity contribution in [1.29, 1.82) is 0 Å². The van der Waals surface area contributed by atoms with E-state index in [2.05, 4.69) is 24.9 Å². The molecule has 0 unspecified atom stereocenters. The summed E-state index contributed by atoms with van der Waals surface area (Å²) in [6, 6.07) is 17.4. The number of nitrogens with zero attached hydrogens (tertiary/aromatic N) is 6. The van der Waals surface area contributed by atoms with Crippen LogP contribution in [0.25, 0.3) is 45.1 Å². The standard InChI is InChI=1S/C20H16N8/c1-28-13-10-6-5-9-12(13)23-20(28)15-17(22)26-19-14(24-15)16(21)25-18(27-19)11-7-3-2-4-8-11/h2-10H,1H3,(H4,21,22,25,26,27). The Balaban J connectivity index is 1.72. The second kappa shape index (κ2) is 5.98. The maximum absolute atomic E-state index is 6.22. The Labute approximate surface area is 159 Å². The zero-order valence-electron chi connectivity index (χ0n) is 15.0. The number of aryl methyl sites for hydroxylation is 1. The van der Waals surface area contributed by atoms with Crippen molar-refractivity contribution in [2.45, 2.75) is 0 Å². The molecular weight excluding hydrogens is 352 g/mol. The quantitative estimate of drug-likeness (QED) is 0.491. The number of imidazole rings is 1. The largest absolute Gasteiger partial charge is 0.382 e. The molecule has 0 spiro atoms. The van der Waals surface area contributed by atoms with Gasteiger partial charge in [0.2, 0.25) is 0 Å². The first kappa shape index (κ1) is 16.1. The number of hydrogen-bond donors (Lipinski definition) is 2. The summed E-state index contributed by atoms with van der Waals surface area (Å²) < 4.78 is 1.93. The van der Waals surface area contributed by atoms with E-state index in [0.717, 1.165) is 16.6 Å². The Bertz CT molecular complexity index is 1340. The van der Waals surface area contributed by atoms with Crippen molar-refractivity contribution < 1.29 is 0 Å². The van der Waals surface area contributed by atoms with Gasteiger partial charge in [0.05, 0.1) is 11.0 Å². The van der Waals surface area contributed by atoms with Crippen LogP contribution in [0.1, 0.15) is 0 Å². The highest BCUT2D eigenvalue weighted by atomic mass is 15.1. The highest BCUT2D eigenvalue weighted by molar-refractivity contribution is 5.88. The van der Waals surface area contributed by atoms with Crippen LogP contribution in [0, 0.1) is 0 Å². The molecule has 3 heterocycles. The van der Waals surface area contributed by atoms with Crippen molar-refractivity contribution in [1.82, 2.24) is 29.5 Å². The van der Waals surface area contributed by atoms with Crippen LogP contribution in [0.4, 0.5) is 11.6 Å². The van der Waals surface area contributed by atoms with Crippen molar-refractivity contribution in [2.24, 2.45) is 7.05 Å². The summed E-state index contributed by atoms with van der Waals surface area (Å²) in [5, 5.41) is 0. The Kier molecular flexibility index (Phi) is 3.45. The summed E-state index contributed by atoms with van der Waals surface area (Å²) in [6.45, 7) is 0. The van der Waals surface area contributed by atoms with E-state index in [0.29, 0.717) is 28.5 Å². The monoisotopic (exact) mass is 368 g/mol. The number of rotatable bonds is 2. The molecule has 0 saturated heterocycles.